The van der Waals surface area contributed by atoms with Crippen molar-refractivity contribution in [2.75, 3.05) is 6.54 Å². The van der Waals surface area contributed by atoms with Gasteiger partial charge < -0.3 is 5.32 Å². The Morgan fingerprint density at radius 1 is 1.11 bits per heavy atom. The van der Waals surface area contributed by atoms with E-state index in [2.05, 4.69) is 43.4 Å². The fourth-order valence-electron chi connectivity index (χ4n) is 2.11. The minimum absolute atomic E-state index is 0.194. The third kappa shape index (κ3) is 5.35. The molecule has 0 bridgehead atoms. The molecular formula is C16H25NO. The number of unbranched alkanes of at least 4 members (excludes halogenated alkanes) is 1. The molecule has 2 nitrogen and oxygen atoms in total. The standard InChI is InChI=1S/C16H25NO/c1-3-15(4-2)16(18)17-13-9-8-12-14-10-6-5-7-11-14/h5-7,10-11,15H,3-4,8-9,12-13H2,1-2H3,(H,17,18). The van der Waals surface area contributed by atoms with E-state index in [-0.39, 0.29) is 11.8 Å². The average molecular weight is 247 g/mol. The molecular weight excluding hydrogens is 222 g/mol. The normalized spacial score (nSPS) is 10.6. The zero-order valence-corrected chi connectivity index (χ0v) is 11.6. The van der Waals surface area contributed by atoms with Gasteiger partial charge in [0.1, 0.15) is 0 Å². The molecule has 2 heteroatoms. The van der Waals surface area contributed by atoms with Gasteiger partial charge in [-0.25, -0.2) is 0 Å². The van der Waals surface area contributed by atoms with E-state index in [9.17, 15) is 4.79 Å². The van der Waals surface area contributed by atoms with Crippen LogP contribution in [0.25, 0.3) is 0 Å². The summed E-state index contributed by atoms with van der Waals surface area (Å²) in [6.07, 6.45) is 5.16. The highest BCUT2D eigenvalue weighted by Crippen LogP contribution is 2.07. The SMILES string of the molecule is CCC(CC)C(=O)NCCCCc1ccccc1. The molecule has 0 aliphatic carbocycles. The predicted molar refractivity (Wildman–Crippen MR) is 76.5 cm³/mol. The molecule has 0 atom stereocenters. The fourth-order valence-corrected chi connectivity index (χ4v) is 2.11. The number of rotatable bonds is 8. The summed E-state index contributed by atoms with van der Waals surface area (Å²) in [5.74, 6) is 0.416. The number of hydrogen-bond acceptors (Lipinski definition) is 1. The molecule has 1 rings (SSSR count). The van der Waals surface area contributed by atoms with E-state index >= 15 is 0 Å². The van der Waals surface area contributed by atoms with Gasteiger partial charge in [0.2, 0.25) is 5.91 Å². The van der Waals surface area contributed by atoms with Crippen LogP contribution in [-0.4, -0.2) is 12.5 Å². The molecule has 0 saturated carbocycles. The second-order valence-corrected chi connectivity index (χ2v) is 4.75. The molecule has 100 valence electrons. The first-order valence-electron chi connectivity index (χ1n) is 7.09. The van der Waals surface area contributed by atoms with Crippen molar-refractivity contribution in [3.63, 3.8) is 0 Å². The summed E-state index contributed by atoms with van der Waals surface area (Å²) in [7, 11) is 0. The lowest BCUT2D eigenvalue weighted by atomic mass is 10.0. The van der Waals surface area contributed by atoms with Crippen molar-refractivity contribution in [3.8, 4) is 0 Å². The molecule has 0 aromatic heterocycles. The van der Waals surface area contributed by atoms with Crippen molar-refractivity contribution in [1.29, 1.82) is 0 Å². The molecule has 0 aliphatic heterocycles. The van der Waals surface area contributed by atoms with Gasteiger partial charge in [0, 0.05) is 12.5 Å². The smallest absolute Gasteiger partial charge is 0.223 e. The first kappa shape index (κ1) is 14.7. The van der Waals surface area contributed by atoms with E-state index in [1.165, 1.54) is 5.56 Å². The summed E-state index contributed by atoms with van der Waals surface area (Å²) in [6, 6.07) is 10.5. The van der Waals surface area contributed by atoms with Gasteiger partial charge in [0.25, 0.3) is 0 Å². The molecule has 0 unspecified atom stereocenters. The molecule has 1 aromatic carbocycles. The summed E-state index contributed by atoms with van der Waals surface area (Å²) < 4.78 is 0. The van der Waals surface area contributed by atoms with Crippen LogP contribution in [-0.2, 0) is 11.2 Å². The van der Waals surface area contributed by atoms with Crippen LogP contribution in [0.4, 0.5) is 0 Å². The molecule has 0 radical (unpaired) electrons. The van der Waals surface area contributed by atoms with Crippen LogP contribution in [0.2, 0.25) is 0 Å². The van der Waals surface area contributed by atoms with Gasteiger partial charge in [0.05, 0.1) is 0 Å². The van der Waals surface area contributed by atoms with E-state index in [1.54, 1.807) is 0 Å². The highest BCUT2D eigenvalue weighted by atomic mass is 16.1. The molecule has 18 heavy (non-hydrogen) atoms. The van der Waals surface area contributed by atoms with Gasteiger partial charge in [-0.05, 0) is 37.7 Å². The minimum atomic E-state index is 0.194. The largest absolute Gasteiger partial charge is 0.356 e. The van der Waals surface area contributed by atoms with Gasteiger partial charge in [-0.3, -0.25) is 4.79 Å². The van der Waals surface area contributed by atoms with Crippen molar-refractivity contribution in [2.45, 2.75) is 46.0 Å². The van der Waals surface area contributed by atoms with Gasteiger partial charge in [-0.2, -0.15) is 0 Å². The van der Waals surface area contributed by atoms with Crippen molar-refractivity contribution >= 4 is 5.91 Å². The number of carbonyl (C=O) groups is 1. The Hall–Kier alpha value is -1.31. The van der Waals surface area contributed by atoms with Crippen LogP contribution in [0.15, 0.2) is 30.3 Å². The molecule has 0 fully saturated rings. The lowest BCUT2D eigenvalue weighted by molar-refractivity contribution is -0.125. The van der Waals surface area contributed by atoms with Gasteiger partial charge >= 0.3 is 0 Å². The van der Waals surface area contributed by atoms with E-state index < -0.39 is 0 Å². The highest BCUT2D eigenvalue weighted by molar-refractivity contribution is 5.78. The summed E-state index contributed by atoms with van der Waals surface area (Å²) in [5.41, 5.74) is 1.38. The molecule has 1 aromatic rings. The summed E-state index contributed by atoms with van der Waals surface area (Å²) >= 11 is 0. The molecule has 1 amide bonds. The zero-order valence-electron chi connectivity index (χ0n) is 11.6. The van der Waals surface area contributed by atoms with Crippen LogP contribution >= 0.6 is 0 Å². The second-order valence-electron chi connectivity index (χ2n) is 4.75. The number of nitrogens with one attached hydrogen (secondary N) is 1. The quantitative estimate of drug-likeness (QED) is 0.699. The number of hydrogen-bond donors (Lipinski definition) is 1. The lowest BCUT2D eigenvalue weighted by Crippen LogP contribution is -2.30. The first-order chi connectivity index (χ1) is 8.77. The number of amides is 1. The van der Waals surface area contributed by atoms with Crippen molar-refractivity contribution in [3.05, 3.63) is 35.9 Å². The van der Waals surface area contributed by atoms with Crippen molar-refractivity contribution in [1.82, 2.24) is 5.32 Å². The maximum Gasteiger partial charge on any atom is 0.223 e. The first-order valence-corrected chi connectivity index (χ1v) is 7.09. The van der Waals surface area contributed by atoms with Gasteiger partial charge in [0.15, 0.2) is 0 Å². The van der Waals surface area contributed by atoms with Crippen molar-refractivity contribution < 1.29 is 4.79 Å². The molecule has 0 heterocycles. The maximum atomic E-state index is 11.7. The van der Waals surface area contributed by atoms with Crippen LogP contribution < -0.4 is 5.32 Å². The van der Waals surface area contributed by atoms with E-state index in [0.29, 0.717) is 0 Å². The van der Waals surface area contributed by atoms with E-state index in [4.69, 9.17) is 0 Å². The fraction of sp³-hybridized carbons (Fsp3) is 0.562. The van der Waals surface area contributed by atoms with Crippen LogP contribution in [0.1, 0.15) is 45.1 Å². The zero-order chi connectivity index (χ0) is 13.2. The molecule has 0 aliphatic rings. The lowest BCUT2D eigenvalue weighted by Gasteiger charge is -2.12. The summed E-state index contributed by atoms with van der Waals surface area (Å²) in [4.78, 5) is 11.7. The third-order valence-corrected chi connectivity index (χ3v) is 3.39. The van der Waals surface area contributed by atoms with E-state index in [0.717, 1.165) is 38.6 Å². The Bertz CT molecular complexity index is 330. The minimum Gasteiger partial charge on any atom is -0.356 e. The van der Waals surface area contributed by atoms with Crippen LogP contribution in [0.5, 0.6) is 0 Å². The Morgan fingerprint density at radius 2 is 1.78 bits per heavy atom. The number of aryl methyl sites for hydroxylation is 1. The van der Waals surface area contributed by atoms with Crippen molar-refractivity contribution in [2.24, 2.45) is 5.92 Å². The molecule has 0 spiro atoms. The maximum absolute atomic E-state index is 11.7. The Balaban J connectivity index is 2.10. The van der Waals surface area contributed by atoms with E-state index in [1.807, 2.05) is 6.07 Å². The molecule has 1 N–H and O–H groups in total. The average Bonchev–Trinajstić information content (AvgIpc) is 2.41. The Morgan fingerprint density at radius 3 is 2.39 bits per heavy atom. The monoisotopic (exact) mass is 247 g/mol. The number of benzene rings is 1. The number of carbonyl (C=O) groups excluding carboxylic acids is 1. The highest BCUT2D eigenvalue weighted by Gasteiger charge is 2.12. The Labute approximate surface area is 111 Å². The Kier molecular flexibility index (Phi) is 7.16. The summed E-state index contributed by atoms with van der Waals surface area (Å²) in [6.45, 7) is 4.95. The predicted octanol–water partition coefficient (Wildman–Crippen LogP) is 3.56. The summed E-state index contributed by atoms with van der Waals surface area (Å²) in [5, 5.41) is 3.03. The topological polar surface area (TPSA) is 29.1 Å². The van der Waals surface area contributed by atoms with Gasteiger partial charge in [-0.1, -0.05) is 44.2 Å². The van der Waals surface area contributed by atoms with Gasteiger partial charge in [-0.15, -0.1) is 0 Å². The second kappa shape index (κ2) is 8.73. The van der Waals surface area contributed by atoms with Crippen LogP contribution in [0, 0.1) is 5.92 Å². The molecule has 0 saturated heterocycles. The van der Waals surface area contributed by atoms with Crippen LogP contribution in [0.3, 0.4) is 0 Å². The third-order valence-electron chi connectivity index (χ3n) is 3.39.